The van der Waals surface area contributed by atoms with E-state index in [4.69, 9.17) is 0 Å². The Morgan fingerprint density at radius 3 is 2.65 bits per heavy atom. The van der Waals surface area contributed by atoms with Crippen LogP contribution in [0.1, 0.15) is 12.8 Å². The number of rotatable bonds is 4. The van der Waals surface area contributed by atoms with Crippen molar-refractivity contribution >= 4 is 23.0 Å². The normalized spacial score (nSPS) is 18.8. The van der Waals surface area contributed by atoms with E-state index in [1.165, 1.54) is 12.1 Å². The first kappa shape index (κ1) is 14.1. The van der Waals surface area contributed by atoms with Crippen LogP contribution < -0.4 is 10.6 Å². The van der Waals surface area contributed by atoms with Crippen molar-refractivity contribution in [1.82, 2.24) is 4.90 Å². The highest BCUT2D eigenvalue weighted by molar-refractivity contribution is 5.77. The van der Waals surface area contributed by atoms with Crippen LogP contribution in [0.3, 0.4) is 0 Å². The number of anilines is 2. The zero-order chi connectivity index (χ0) is 14.7. The van der Waals surface area contributed by atoms with Gasteiger partial charge in [0.25, 0.3) is 5.69 Å². The van der Waals surface area contributed by atoms with Gasteiger partial charge in [0.2, 0.25) is 5.91 Å². The van der Waals surface area contributed by atoms with Crippen LogP contribution in [0.15, 0.2) is 18.2 Å². The third-order valence-electron chi connectivity index (χ3n) is 3.41. The number of piperidine rings is 1. The first-order valence-corrected chi connectivity index (χ1v) is 6.47. The van der Waals surface area contributed by atoms with Crippen LogP contribution in [-0.2, 0) is 4.79 Å². The Kier molecular flexibility index (Phi) is 4.07. The number of nitro groups is 1. The van der Waals surface area contributed by atoms with Crippen LogP contribution in [-0.4, -0.2) is 42.4 Å². The number of non-ortho nitro benzene ring substituents is 1. The molecule has 20 heavy (non-hydrogen) atoms. The number of nitro benzene ring substituents is 1. The van der Waals surface area contributed by atoms with E-state index in [2.05, 4.69) is 10.6 Å². The van der Waals surface area contributed by atoms with E-state index in [1.54, 1.807) is 19.0 Å². The van der Waals surface area contributed by atoms with Crippen molar-refractivity contribution in [2.75, 3.05) is 31.3 Å². The third-order valence-corrected chi connectivity index (χ3v) is 3.41. The van der Waals surface area contributed by atoms with Gasteiger partial charge in [-0.05, 0) is 12.5 Å². The van der Waals surface area contributed by atoms with Gasteiger partial charge < -0.3 is 15.5 Å². The predicted octanol–water partition coefficient (Wildman–Crippen LogP) is 1.67. The van der Waals surface area contributed by atoms with Gasteiger partial charge in [0.15, 0.2) is 0 Å². The molecule has 1 aliphatic rings. The van der Waals surface area contributed by atoms with E-state index in [1.807, 2.05) is 6.07 Å². The minimum absolute atomic E-state index is 0.0413. The molecule has 1 aromatic carbocycles. The van der Waals surface area contributed by atoms with Crippen LogP contribution in [0.25, 0.3) is 0 Å². The molecule has 0 saturated carbocycles. The molecule has 2 rings (SSSR count). The van der Waals surface area contributed by atoms with Gasteiger partial charge in [0.1, 0.15) is 0 Å². The molecule has 0 bridgehead atoms. The molecular formula is C13H18N4O3. The lowest BCUT2D eigenvalue weighted by molar-refractivity contribution is -0.384. The van der Waals surface area contributed by atoms with Gasteiger partial charge in [-0.25, -0.2) is 0 Å². The molecule has 1 amide bonds. The smallest absolute Gasteiger partial charge is 0.273 e. The highest BCUT2D eigenvalue weighted by atomic mass is 16.6. The van der Waals surface area contributed by atoms with E-state index >= 15 is 0 Å². The van der Waals surface area contributed by atoms with Gasteiger partial charge in [0, 0.05) is 56.6 Å². The Balaban J connectivity index is 2.14. The number of nitrogens with one attached hydrogen (secondary N) is 2. The maximum absolute atomic E-state index is 11.4. The molecular weight excluding hydrogens is 260 g/mol. The van der Waals surface area contributed by atoms with E-state index in [9.17, 15) is 14.9 Å². The number of likely N-dealkylation sites (N-methyl/N-ethyl adjacent to an activating group) is 1. The second-order valence-corrected chi connectivity index (χ2v) is 4.93. The number of carbonyl (C=O) groups is 1. The maximum Gasteiger partial charge on any atom is 0.273 e. The van der Waals surface area contributed by atoms with Crippen molar-refractivity contribution in [3.05, 3.63) is 28.3 Å². The van der Waals surface area contributed by atoms with Crippen molar-refractivity contribution in [3.8, 4) is 0 Å². The molecule has 0 radical (unpaired) electrons. The molecule has 1 saturated heterocycles. The lowest BCUT2D eigenvalue weighted by Crippen LogP contribution is -2.43. The lowest BCUT2D eigenvalue weighted by atomic mass is 10.1. The largest absolute Gasteiger partial charge is 0.388 e. The van der Waals surface area contributed by atoms with Crippen molar-refractivity contribution in [2.24, 2.45) is 0 Å². The number of likely N-dealkylation sites (tertiary alicyclic amines) is 1. The number of amides is 1. The Hall–Kier alpha value is -2.31. The summed E-state index contributed by atoms with van der Waals surface area (Å²) in [6.45, 7) is 0.608. The van der Waals surface area contributed by atoms with Crippen LogP contribution in [0, 0.1) is 10.1 Å². The second-order valence-electron chi connectivity index (χ2n) is 4.93. The molecule has 1 unspecified atom stereocenters. The number of benzene rings is 1. The standard InChI is InChI=1S/C13H18N4O3/c1-14-10-5-11(7-12(6-10)17(19)20)15-9-3-4-13(18)16(2)8-9/h5-7,9,14-15H,3-4,8H2,1-2H3. The summed E-state index contributed by atoms with van der Waals surface area (Å²) >= 11 is 0. The molecule has 108 valence electrons. The maximum atomic E-state index is 11.4. The van der Waals surface area contributed by atoms with Crippen molar-refractivity contribution in [3.63, 3.8) is 0 Å². The van der Waals surface area contributed by atoms with Crippen molar-refractivity contribution in [1.29, 1.82) is 0 Å². The summed E-state index contributed by atoms with van der Waals surface area (Å²) < 4.78 is 0. The van der Waals surface area contributed by atoms with Crippen LogP contribution in [0.4, 0.5) is 17.1 Å². The summed E-state index contributed by atoms with van der Waals surface area (Å²) in [4.78, 5) is 23.6. The highest BCUT2D eigenvalue weighted by Gasteiger charge is 2.23. The summed E-state index contributed by atoms with van der Waals surface area (Å²) in [6.07, 6.45) is 1.24. The predicted molar refractivity (Wildman–Crippen MR) is 76.9 cm³/mol. The van der Waals surface area contributed by atoms with Crippen LogP contribution >= 0.6 is 0 Å². The summed E-state index contributed by atoms with van der Waals surface area (Å²) in [5, 5.41) is 17.1. The fraction of sp³-hybridized carbons (Fsp3) is 0.462. The minimum Gasteiger partial charge on any atom is -0.388 e. The van der Waals surface area contributed by atoms with E-state index in [-0.39, 0.29) is 17.6 Å². The van der Waals surface area contributed by atoms with Gasteiger partial charge in [-0.3, -0.25) is 14.9 Å². The lowest BCUT2D eigenvalue weighted by Gasteiger charge is -2.30. The molecule has 7 nitrogen and oxygen atoms in total. The first-order chi connectivity index (χ1) is 9.49. The van der Waals surface area contributed by atoms with Gasteiger partial charge in [-0.15, -0.1) is 0 Å². The number of hydrogen-bond donors (Lipinski definition) is 2. The number of hydrogen-bond acceptors (Lipinski definition) is 5. The van der Waals surface area contributed by atoms with E-state index < -0.39 is 4.92 Å². The zero-order valence-corrected chi connectivity index (χ0v) is 11.5. The topological polar surface area (TPSA) is 87.5 Å². The van der Waals surface area contributed by atoms with Gasteiger partial charge in [0.05, 0.1) is 4.92 Å². The minimum atomic E-state index is -0.414. The summed E-state index contributed by atoms with van der Waals surface area (Å²) in [6, 6.07) is 4.94. The average molecular weight is 278 g/mol. The SMILES string of the molecule is CNc1cc(NC2CCC(=O)N(C)C2)cc([N+](=O)[O-])c1. The molecule has 1 atom stereocenters. The summed E-state index contributed by atoms with van der Waals surface area (Å²) in [7, 11) is 3.48. The van der Waals surface area contributed by atoms with Crippen molar-refractivity contribution < 1.29 is 9.72 Å². The molecule has 1 aromatic rings. The van der Waals surface area contributed by atoms with Gasteiger partial charge in [-0.2, -0.15) is 0 Å². The fourth-order valence-electron chi connectivity index (χ4n) is 2.31. The zero-order valence-electron chi connectivity index (χ0n) is 11.5. The third kappa shape index (κ3) is 3.17. The molecule has 1 heterocycles. The Labute approximate surface area is 117 Å². The second kappa shape index (κ2) is 5.77. The fourth-order valence-corrected chi connectivity index (χ4v) is 2.31. The molecule has 0 spiro atoms. The van der Waals surface area contributed by atoms with Crippen molar-refractivity contribution in [2.45, 2.75) is 18.9 Å². The average Bonchev–Trinajstić information content (AvgIpc) is 2.42. The van der Waals surface area contributed by atoms with E-state index in [0.29, 0.717) is 24.3 Å². The van der Waals surface area contributed by atoms with Gasteiger partial charge in [-0.1, -0.05) is 0 Å². The molecule has 0 aromatic heterocycles. The highest BCUT2D eigenvalue weighted by Crippen LogP contribution is 2.25. The molecule has 1 fully saturated rings. The van der Waals surface area contributed by atoms with E-state index in [0.717, 1.165) is 6.42 Å². The monoisotopic (exact) mass is 278 g/mol. The molecule has 1 aliphatic heterocycles. The van der Waals surface area contributed by atoms with Gasteiger partial charge >= 0.3 is 0 Å². The Morgan fingerprint density at radius 1 is 1.35 bits per heavy atom. The molecule has 2 N–H and O–H groups in total. The molecule has 7 heteroatoms. The summed E-state index contributed by atoms with van der Waals surface area (Å²) in [5.74, 6) is 0.137. The quantitative estimate of drug-likeness (QED) is 0.646. The van der Waals surface area contributed by atoms with Crippen LogP contribution in [0.5, 0.6) is 0 Å². The Bertz CT molecular complexity index is 532. The first-order valence-electron chi connectivity index (χ1n) is 6.47. The summed E-state index contributed by atoms with van der Waals surface area (Å²) in [5.41, 5.74) is 1.41. The molecule has 0 aliphatic carbocycles. The number of nitrogens with zero attached hydrogens (tertiary/aromatic N) is 2. The Morgan fingerprint density at radius 2 is 2.05 bits per heavy atom. The number of carbonyl (C=O) groups excluding carboxylic acids is 1. The van der Waals surface area contributed by atoms with Crippen LogP contribution in [0.2, 0.25) is 0 Å².